The van der Waals surface area contributed by atoms with Gasteiger partial charge in [-0.2, -0.15) is 0 Å². The standard InChI is InChI=1S/C30H31FN2O2S/c1-20-27(17-22-7-12-25(13-8-22)36(4)35)26-14-9-23(31)18-29(26)28(20)19-30(34)32-16-15-21-5-10-24(11-6-21)33(2)3/h5-14,17-18H,15-16,19H2,1-4H3,(H,32,34)/b27-17-. The van der Waals surface area contributed by atoms with Gasteiger partial charge in [-0.25, -0.2) is 4.39 Å². The third-order valence-corrected chi connectivity index (χ3v) is 7.44. The van der Waals surface area contributed by atoms with Crippen molar-refractivity contribution in [3.8, 4) is 0 Å². The Morgan fingerprint density at radius 1 is 1.00 bits per heavy atom. The van der Waals surface area contributed by atoms with Crippen LogP contribution < -0.4 is 10.2 Å². The molecule has 36 heavy (non-hydrogen) atoms. The van der Waals surface area contributed by atoms with Crippen molar-refractivity contribution in [1.82, 2.24) is 5.32 Å². The Labute approximate surface area is 215 Å². The van der Waals surface area contributed by atoms with Crippen LogP contribution in [0.4, 0.5) is 10.1 Å². The number of nitrogens with zero attached hydrogens (tertiary/aromatic N) is 1. The molecule has 1 unspecified atom stereocenters. The molecular weight excluding hydrogens is 471 g/mol. The van der Waals surface area contributed by atoms with Crippen molar-refractivity contribution in [2.24, 2.45) is 0 Å². The summed E-state index contributed by atoms with van der Waals surface area (Å²) < 4.78 is 25.9. The highest BCUT2D eigenvalue weighted by Crippen LogP contribution is 2.43. The van der Waals surface area contributed by atoms with Crippen molar-refractivity contribution in [3.63, 3.8) is 0 Å². The molecule has 186 valence electrons. The summed E-state index contributed by atoms with van der Waals surface area (Å²) in [5, 5.41) is 3.02. The van der Waals surface area contributed by atoms with Crippen LogP contribution in [-0.2, 0) is 22.0 Å². The Morgan fingerprint density at radius 2 is 1.69 bits per heavy atom. The number of amides is 1. The van der Waals surface area contributed by atoms with E-state index in [-0.39, 0.29) is 18.1 Å². The maximum Gasteiger partial charge on any atom is 0.224 e. The molecule has 6 heteroatoms. The van der Waals surface area contributed by atoms with Crippen LogP contribution in [0.5, 0.6) is 0 Å². The molecule has 1 aliphatic rings. The van der Waals surface area contributed by atoms with E-state index in [1.165, 1.54) is 12.1 Å². The number of fused-ring (bicyclic) bond motifs is 1. The first-order valence-electron chi connectivity index (χ1n) is 11.9. The number of rotatable bonds is 8. The van der Waals surface area contributed by atoms with Crippen LogP contribution in [0.15, 0.2) is 77.2 Å². The molecule has 3 aromatic rings. The predicted molar refractivity (Wildman–Crippen MR) is 148 cm³/mol. The third-order valence-electron chi connectivity index (χ3n) is 6.50. The average Bonchev–Trinajstić information content (AvgIpc) is 3.09. The van der Waals surface area contributed by atoms with Crippen molar-refractivity contribution in [2.45, 2.75) is 24.7 Å². The molecule has 4 nitrogen and oxygen atoms in total. The Kier molecular flexibility index (Phi) is 7.85. The molecule has 0 bridgehead atoms. The lowest BCUT2D eigenvalue weighted by Crippen LogP contribution is -2.25. The van der Waals surface area contributed by atoms with Gasteiger partial charge in [0.1, 0.15) is 5.82 Å². The van der Waals surface area contributed by atoms with E-state index in [9.17, 15) is 13.4 Å². The molecule has 0 spiro atoms. The molecule has 0 radical (unpaired) electrons. The molecule has 1 aliphatic carbocycles. The summed E-state index contributed by atoms with van der Waals surface area (Å²) in [5.74, 6) is -0.405. The van der Waals surface area contributed by atoms with Crippen molar-refractivity contribution < 1.29 is 13.4 Å². The SMILES string of the molecule is CC1=C(CC(=O)NCCc2ccc(N(C)C)cc2)c2cc(F)ccc2/C1=C\c1ccc(S(C)=O)cc1. The molecule has 1 atom stereocenters. The summed E-state index contributed by atoms with van der Waals surface area (Å²) in [5.41, 5.74) is 7.72. The molecule has 1 N–H and O–H groups in total. The summed E-state index contributed by atoms with van der Waals surface area (Å²) >= 11 is 0. The van der Waals surface area contributed by atoms with Gasteiger partial charge in [0.2, 0.25) is 5.91 Å². The maximum absolute atomic E-state index is 14.2. The number of carbonyl (C=O) groups is 1. The lowest BCUT2D eigenvalue weighted by Gasteiger charge is -2.13. The number of nitrogens with one attached hydrogen (secondary N) is 1. The highest BCUT2D eigenvalue weighted by Gasteiger charge is 2.25. The topological polar surface area (TPSA) is 49.4 Å². The Morgan fingerprint density at radius 3 is 2.33 bits per heavy atom. The molecule has 0 saturated heterocycles. The Bertz CT molecular complexity index is 1360. The van der Waals surface area contributed by atoms with E-state index in [0.29, 0.717) is 6.54 Å². The molecule has 1 amide bonds. The van der Waals surface area contributed by atoms with E-state index in [4.69, 9.17) is 0 Å². The van der Waals surface area contributed by atoms with E-state index in [1.807, 2.05) is 51.4 Å². The maximum atomic E-state index is 14.2. The van der Waals surface area contributed by atoms with Gasteiger partial charge in [0, 0.05) is 48.3 Å². The zero-order valence-electron chi connectivity index (χ0n) is 21.1. The fraction of sp³-hybridized carbons (Fsp3) is 0.233. The van der Waals surface area contributed by atoms with Crippen LogP contribution in [0, 0.1) is 5.82 Å². The van der Waals surface area contributed by atoms with E-state index >= 15 is 0 Å². The van der Waals surface area contributed by atoms with Crippen molar-refractivity contribution in [3.05, 3.63) is 100 Å². The molecule has 3 aromatic carbocycles. The number of anilines is 1. The number of hydrogen-bond acceptors (Lipinski definition) is 3. The zero-order chi connectivity index (χ0) is 25.8. The summed E-state index contributed by atoms with van der Waals surface area (Å²) in [4.78, 5) is 15.7. The minimum absolute atomic E-state index is 0.0829. The van der Waals surface area contributed by atoms with Crippen LogP contribution in [0.1, 0.15) is 35.6 Å². The first kappa shape index (κ1) is 25.6. The van der Waals surface area contributed by atoms with E-state index < -0.39 is 10.8 Å². The monoisotopic (exact) mass is 502 g/mol. The molecule has 0 heterocycles. The highest BCUT2D eigenvalue weighted by molar-refractivity contribution is 7.84. The molecule has 4 rings (SSSR count). The van der Waals surface area contributed by atoms with E-state index in [0.717, 1.165) is 56.0 Å². The molecule has 0 aromatic heterocycles. The second-order valence-corrected chi connectivity index (χ2v) is 10.6. The number of benzene rings is 3. The summed E-state index contributed by atoms with van der Waals surface area (Å²) in [6.45, 7) is 2.52. The minimum atomic E-state index is -1.04. The normalized spacial score (nSPS) is 14.6. The van der Waals surface area contributed by atoms with Crippen LogP contribution >= 0.6 is 0 Å². The zero-order valence-corrected chi connectivity index (χ0v) is 21.9. The summed E-state index contributed by atoms with van der Waals surface area (Å²) in [7, 11) is 2.97. The van der Waals surface area contributed by atoms with Crippen LogP contribution in [-0.4, -0.2) is 37.0 Å². The fourth-order valence-corrected chi connectivity index (χ4v) is 4.95. The van der Waals surface area contributed by atoms with Gasteiger partial charge in [-0.05, 0) is 94.8 Å². The quantitative estimate of drug-likeness (QED) is 0.430. The second-order valence-electron chi connectivity index (χ2n) is 9.21. The van der Waals surface area contributed by atoms with Gasteiger partial charge < -0.3 is 10.2 Å². The Balaban J connectivity index is 1.49. The van der Waals surface area contributed by atoms with Gasteiger partial charge in [0.25, 0.3) is 0 Å². The van der Waals surface area contributed by atoms with Gasteiger partial charge in [0.15, 0.2) is 0 Å². The third kappa shape index (κ3) is 5.82. The van der Waals surface area contributed by atoms with Crippen molar-refractivity contribution in [1.29, 1.82) is 0 Å². The smallest absolute Gasteiger partial charge is 0.224 e. The number of allylic oxidation sites excluding steroid dienone is 2. The number of halogens is 1. The van der Waals surface area contributed by atoms with Gasteiger partial charge in [-0.3, -0.25) is 9.00 Å². The lowest BCUT2D eigenvalue weighted by molar-refractivity contribution is -0.120. The summed E-state index contributed by atoms with van der Waals surface area (Å²) in [6, 6.07) is 20.6. The van der Waals surface area contributed by atoms with E-state index in [2.05, 4.69) is 34.5 Å². The number of carbonyl (C=O) groups excluding carboxylic acids is 1. The predicted octanol–water partition coefficient (Wildman–Crippen LogP) is 5.71. The average molecular weight is 503 g/mol. The van der Waals surface area contributed by atoms with Gasteiger partial charge in [-0.1, -0.05) is 30.3 Å². The van der Waals surface area contributed by atoms with Crippen LogP contribution in [0.2, 0.25) is 0 Å². The van der Waals surface area contributed by atoms with Gasteiger partial charge in [-0.15, -0.1) is 0 Å². The van der Waals surface area contributed by atoms with Crippen LogP contribution in [0.3, 0.4) is 0 Å². The fourth-order valence-electron chi connectivity index (χ4n) is 4.43. The van der Waals surface area contributed by atoms with Gasteiger partial charge in [0.05, 0.1) is 6.42 Å². The van der Waals surface area contributed by atoms with Crippen LogP contribution in [0.25, 0.3) is 17.2 Å². The van der Waals surface area contributed by atoms with Gasteiger partial charge >= 0.3 is 0 Å². The lowest BCUT2D eigenvalue weighted by atomic mass is 10.0. The highest BCUT2D eigenvalue weighted by atomic mass is 32.2. The minimum Gasteiger partial charge on any atom is -0.378 e. The van der Waals surface area contributed by atoms with Crippen molar-refractivity contribution >= 4 is 39.6 Å². The molecule has 0 aliphatic heterocycles. The number of hydrogen-bond donors (Lipinski definition) is 1. The van der Waals surface area contributed by atoms with E-state index in [1.54, 1.807) is 12.3 Å². The van der Waals surface area contributed by atoms with Crippen molar-refractivity contribution in [2.75, 3.05) is 31.8 Å². The summed E-state index contributed by atoms with van der Waals surface area (Å²) in [6.07, 6.45) is 4.62. The first-order chi connectivity index (χ1) is 17.2. The largest absolute Gasteiger partial charge is 0.378 e. The molecule has 0 fully saturated rings. The molecule has 0 saturated carbocycles. The molecular formula is C30H31FN2O2S. The Hall–Kier alpha value is -3.51. The second kappa shape index (κ2) is 11.0. The first-order valence-corrected chi connectivity index (χ1v) is 13.5.